The number of hydrogen-bond acceptors (Lipinski definition) is 2. The summed E-state index contributed by atoms with van der Waals surface area (Å²) in [6.45, 7) is 0.881. The quantitative estimate of drug-likeness (QED) is 0.761. The molecule has 0 saturated heterocycles. The van der Waals surface area contributed by atoms with E-state index in [2.05, 4.69) is 17.2 Å². The molecule has 2 nitrogen and oxygen atoms in total. The normalized spacial score (nSPS) is 10.5. The maximum atomic E-state index is 5.77. The van der Waals surface area contributed by atoms with Crippen LogP contribution in [-0.2, 0) is 6.54 Å². The van der Waals surface area contributed by atoms with Crippen LogP contribution in [0.25, 0.3) is 0 Å². The lowest BCUT2D eigenvalue weighted by Gasteiger charge is -2.01. The Kier molecular flexibility index (Phi) is 3.69. The molecular formula is C11H11ClN2S. The van der Waals surface area contributed by atoms with Crippen LogP contribution in [0.5, 0.6) is 0 Å². The van der Waals surface area contributed by atoms with E-state index < -0.39 is 0 Å². The molecule has 2 aromatic rings. The maximum absolute atomic E-state index is 5.77. The average Bonchev–Trinajstić information content (AvgIpc) is 2.66. The first-order valence-electron chi connectivity index (χ1n) is 4.70. The van der Waals surface area contributed by atoms with Crippen molar-refractivity contribution >= 4 is 23.4 Å². The van der Waals surface area contributed by atoms with Crippen molar-refractivity contribution in [1.29, 1.82) is 0 Å². The summed E-state index contributed by atoms with van der Waals surface area (Å²) >= 11 is 7.59. The van der Waals surface area contributed by atoms with E-state index >= 15 is 0 Å². The molecule has 0 aliphatic heterocycles. The number of benzene rings is 1. The Bertz CT molecular complexity index is 414. The zero-order chi connectivity index (χ0) is 10.5. The second-order valence-electron chi connectivity index (χ2n) is 3.08. The molecule has 4 heteroatoms. The largest absolute Gasteiger partial charge is 0.270 e. The maximum Gasteiger partial charge on any atom is 0.0785 e. The molecule has 0 saturated carbocycles. The highest BCUT2D eigenvalue weighted by molar-refractivity contribution is 7.99. The van der Waals surface area contributed by atoms with Gasteiger partial charge in [0.2, 0.25) is 0 Å². The average molecular weight is 239 g/mol. The summed E-state index contributed by atoms with van der Waals surface area (Å²) in [7, 11) is 0. The summed E-state index contributed by atoms with van der Waals surface area (Å²) in [5.74, 6) is 1.00. The third kappa shape index (κ3) is 3.29. The SMILES string of the molecule is Clc1cnn(CCSc2ccccc2)c1. The van der Waals surface area contributed by atoms with Crippen molar-refractivity contribution in [3.8, 4) is 0 Å². The second kappa shape index (κ2) is 5.24. The number of rotatable bonds is 4. The van der Waals surface area contributed by atoms with Gasteiger partial charge in [0.1, 0.15) is 0 Å². The molecule has 1 aromatic heterocycles. The number of aryl methyl sites for hydroxylation is 1. The van der Waals surface area contributed by atoms with Crippen LogP contribution in [0.4, 0.5) is 0 Å². The fourth-order valence-corrected chi connectivity index (χ4v) is 2.25. The van der Waals surface area contributed by atoms with Gasteiger partial charge in [0.05, 0.1) is 17.8 Å². The number of nitrogens with zero attached hydrogens (tertiary/aromatic N) is 2. The lowest BCUT2D eigenvalue weighted by molar-refractivity contribution is 0.666. The molecule has 0 amide bonds. The molecule has 0 spiro atoms. The molecule has 0 bridgehead atoms. The number of halogens is 1. The molecule has 2 rings (SSSR count). The second-order valence-corrected chi connectivity index (χ2v) is 4.69. The monoisotopic (exact) mass is 238 g/mol. The molecule has 78 valence electrons. The van der Waals surface area contributed by atoms with Gasteiger partial charge < -0.3 is 0 Å². The van der Waals surface area contributed by atoms with Crippen LogP contribution in [-0.4, -0.2) is 15.5 Å². The summed E-state index contributed by atoms with van der Waals surface area (Å²) in [4.78, 5) is 1.29. The van der Waals surface area contributed by atoms with Crippen LogP contribution < -0.4 is 0 Å². The van der Waals surface area contributed by atoms with E-state index in [0.717, 1.165) is 12.3 Å². The van der Waals surface area contributed by atoms with E-state index in [1.807, 2.05) is 40.8 Å². The van der Waals surface area contributed by atoms with Gasteiger partial charge in [-0.3, -0.25) is 4.68 Å². The highest BCUT2D eigenvalue weighted by Gasteiger charge is 1.96. The van der Waals surface area contributed by atoms with Gasteiger partial charge in [-0.2, -0.15) is 5.10 Å². The minimum Gasteiger partial charge on any atom is -0.270 e. The molecule has 15 heavy (non-hydrogen) atoms. The van der Waals surface area contributed by atoms with Gasteiger partial charge in [0, 0.05) is 16.8 Å². The minimum atomic E-state index is 0.694. The highest BCUT2D eigenvalue weighted by atomic mass is 35.5. The van der Waals surface area contributed by atoms with E-state index in [9.17, 15) is 0 Å². The van der Waals surface area contributed by atoms with Gasteiger partial charge in [-0.15, -0.1) is 11.8 Å². The number of hydrogen-bond donors (Lipinski definition) is 0. The van der Waals surface area contributed by atoms with Crippen molar-refractivity contribution in [3.05, 3.63) is 47.7 Å². The Morgan fingerprint density at radius 1 is 1.27 bits per heavy atom. The summed E-state index contributed by atoms with van der Waals surface area (Å²) in [5, 5.41) is 4.81. The van der Waals surface area contributed by atoms with Crippen LogP contribution in [0.1, 0.15) is 0 Å². The number of aromatic nitrogens is 2. The van der Waals surface area contributed by atoms with E-state index in [1.54, 1.807) is 6.20 Å². The van der Waals surface area contributed by atoms with Crippen molar-refractivity contribution in [2.24, 2.45) is 0 Å². The summed E-state index contributed by atoms with van der Waals surface area (Å²) in [6, 6.07) is 10.3. The molecule has 1 aromatic carbocycles. The third-order valence-corrected chi connectivity index (χ3v) is 3.12. The van der Waals surface area contributed by atoms with Crippen LogP contribution >= 0.6 is 23.4 Å². The Morgan fingerprint density at radius 3 is 2.73 bits per heavy atom. The van der Waals surface area contributed by atoms with Gasteiger partial charge in [0.25, 0.3) is 0 Å². The van der Waals surface area contributed by atoms with E-state index in [-0.39, 0.29) is 0 Å². The van der Waals surface area contributed by atoms with E-state index in [4.69, 9.17) is 11.6 Å². The van der Waals surface area contributed by atoms with Crippen molar-refractivity contribution in [3.63, 3.8) is 0 Å². The van der Waals surface area contributed by atoms with Crippen LogP contribution in [0.3, 0.4) is 0 Å². The topological polar surface area (TPSA) is 17.8 Å². The molecule has 0 unspecified atom stereocenters. The Balaban J connectivity index is 1.80. The molecular weight excluding hydrogens is 228 g/mol. The molecule has 0 atom stereocenters. The zero-order valence-electron chi connectivity index (χ0n) is 8.14. The van der Waals surface area contributed by atoms with Crippen LogP contribution in [0, 0.1) is 0 Å². The molecule has 0 aliphatic rings. The van der Waals surface area contributed by atoms with Crippen molar-refractivity contribution in [1.82, 2.24) is 9.78 Å². The predicted molar refractivity (Wildman–Crippen MR) is 64.4 cm³/mol. The van der Waals surface area contributed by atoms with Crippen molar-refractivity contribution < 1.29 is 0 Å². The molecule has 0 radical (unpaired) electrons. The fourth-order valence-electron chi connectivity index (χ4n) is 1.23. The van der Waals surface area contributed by atoms with Crippen LogP contribution in [0.15, 0.2) is 47.6 Å². The fraction of sp³-hybridized carbons (Fsp3) is 0.182. The molecule has 1 heterocycles. The first kappa shape index (κ1) is 10.6. The lowest BCUT2D eigenvalue weighted by atomic mass is 10.4. The number of thioether (sulfide) groups is 1. The first-order valence-corrected chi connectivity index (χ1v) is 6.07. The smallest absolute Gasteiger partial charge is 0.0785 e. The van der Waals surface area contributed by atoms with Gasteiger partial charge in [-0.25, -0.2) is 0 Å². The third-order valence-electron chi connectivity index (χ3n) is 1.93. The summed E-state index contributed by atoms with van der Waals surface area (Å²) < 4.78 is 1.86. The van der Waals surface area contributed by atoms with Gasteiger partial charge in [-0.1, -0.05) is 29.8 Å². The lowest BCUT2D eigenvalue weighted by Crippen LogP contribution is -2.00. The summed E-state index contributed by atoms with van der Waals surface area (Å²) in [6.07, 6.45) is 3.50. The molecule has 0 aliphatic carbocycles. The Morgan fingerprint density at radius 2 is 2.07 bits per heavy atom. The van der Waals surface area contributed by atoms with Gasteiger partial charge >= 0.3 is 0 Å². The molecule has 0 fully saturated rings. The minimum absolute atomic E-state index is 0.694. The van der Waals surface area contributed by atoms with E-state index in [0.29, 0.717) is 5.02 Å². The molecule has 0 N–H and O–H groups in total. The van der Waals surface area contributed by atoms with Crippen molar-refractivity contribution in [2.45, 2.75) is 11.4 Å². The van der Waals surface area contributed by atoms with E-state index in [1.165, 1.54) is 4.90 Å². The van der Waals surface area contributed by atoms with Gasteiger partial charge in [0.15, 0.2) is 0 Å². The Labute approximate surface area is 98.3 Å². The summed E-state index contributed by atoms with van der Waals surface area (Å²) in [5.41, 5.74) is 0. The Hall–Kier alpha value is -0.930. The highest BCUT2D eigenvalue weighted by Crippen LogP contribution is 2.17. The van der Waals surface area contributed by atoms with Gasteiger partial charge in [-0.05, 0) is 12.1 Å². The first-order chi connectivity index (χ1) is 7.34. The predicted octanol–water partition coefficient (Wildman–Crippen LogP) is 3.33. The standard InChI is InChI=1S/C11H11ClN2S/c12-10-8-13-14(9-10)6-7-15-11-4-2-1-3-5-11/h1-5,8-9H,6-7H2. The van der Waals surface area contributed by atoms with Crippen LogP contribution in [0.2, 0.25) is 5.02 Å². The zero-order valence-corrected chi connectivity index (χ0v) is 9.71. The van der Waals surface area contributed by atoms with Crippen molar-refractivity contribution in [2.75, 3.05) is 5.75 Å².